The number of rotatable bonds is 8. The second-order valence-electron chi connectivity index (χ2n) is 7.87. The minimum absolute atomic E-state index is 0.118. The van der Waals surface area contributed by atoms with E-state index in [0.29, 0.717) is 27.8 Å². The van der Waals surface area contributed by atoms with Crippen molar-refractivity contribution in [2.45, 2.75) is 31.5 Å². The predicted molar refractivity (Wildman–Crippen MR) is 139 cm³/mol. The number of nitrogens with one attached hydrogen (secondary N) is 1. The molecular formula is C26H25N3O2S2. The summed E-state index contributed by atoms with van der Waals surface area (Å²) in [5, 5.41) is 6.09. The van der Waals surface area contributed by atoms with Crippen molar-refractivity contribution in [2.24, 2.45) is 0 Å². The lowest BCUT2D eigenvalue weighted by molar-refractivity contribution is -0.113. The number of nitrogens with zero attached hydrogens (tertiary/aromatic N) is 2. The summed E-state index contributed by atoms with van der Waals surface area (Å²) in [6, 6.07) is 17.6. The summed E-state index contributed by atoms with van der Waals surface area (Å²) in [5.41, 5.74) is 3.65. The summed E-state index contributed by atoms with van der Waals surface area (Å²) in [6.07, 6.45) is 1.67. The summed E-state index contributed by atoms with van der Waals surface area (Å²) in [4.78, 5) is 31.5. The van der Waals surface area contributed by atoms with Crippen molar-refractivity contribution >= 4 is 44.9 Å². The van der Waals surface area contributed by atoms with Crippen LogP contribution in [0.5, 0.6) is 0 Å². The Hall–Kier alpha value is -3.16. The zero-order valence-corrected chi connectivity index (χ0v) is 20.2. The van der Waals surface area contributed by atoms with Gasteiger partial charge >= 0.3 is 0 Å². The summed E-state index contributed by atoms with van der Waals surface area (Å²) < 4.78 is 1.59. The molecule has 5 nitrogen and oxygen atoms in total. The number of allylic oxidation sites excluding steroid dienone is 1. The van der Waals surface area contributed by atoms with Gasteiger partial charge in [-0.15, -0.1) is 17.9 Å². The number of fused-ring (bicyclic) bond motifs is 1. The van der Waals surface area contributed by atoms with Gasteiger partial charge in [-0.3, -0.25) is 14.2 Å². The third kappa shape index (κ3) is 4.94. The number of para-hydroxylation sites is 1. The Morgan fingerprint density at radius 3 is 2.64 bits per heavy atom. The average Bonchev–Trinajstić information content (AvgIpc) is 3.25. The van der Waals surface area contributed by atoms with Gasteiger partial charge in [0.05, 0.1) is 11.1 Å². The Kier molecular flexibility index (Phi) is 7.11. The fourth-order valence-electron chi connectivity index (χ4n) is 3.67. The first-order chi connectivity index (χ1) is 16.0. The van der Waals surface area contributed by atoms with E-state index in [1.165, 1.54) is 23.1 Å². The lowest BCUT2D eigenvalue weighted by atomic mass is 10.0. The zero-order chi connectivity index (χ0) is 23.4. The van der Waals surface area contributed by atoms with E-state index in [9.17, 15) is 9.59 Å². The van der Waals surface area contributed by atoms with Crippen molar-refractivity contribution in [2.75, 3.05) is 11.1 Å². The maximum Gasteiger partial charge on any atom is 0.263 e. The number of hydrogen-bond acceptors (Lipinski definition) is 5. The van der Waals surface area contributed by atoms with Crippen molar-refractivity contribution in [1.82, 2.24) is 9.55 Å². The van der Waals surface area contributed by atoms with Gasteiger partial charge in [-0.25, -0.2) is 4.98 Å². The lowest BCUT2D eigenvalue weighted by Crippen LogP contribution is -2.23. The first kappa shape index (κ1) is 23.0. The summed E-state index contributed by atoms with van der Waals surface area (Å²) in [7, 11) is 0. The number of amides is 1. The van der Waals surface area contributed by atoms with Gasteiger partial charge in [0, 0.05) is 23.2 Å². The molecule has 0 atom stereocenters. The number of benzene rings is 2. The van der Waals surface area contributed by atoms with E-state index in [1.54, 1.807) is 10.6 Å². The van der Waals surface area contributed by atoms with Crippen LogP contribution in [-0.2, 0) is 11.3 Å². The monoisotopic (exact) mass is 475 g/mol. The van der Waals surface area contributed by atoms with E-state index in [1.807, 2.05) is 60.0 Å². The molecule has 2 aromatic carbocycles. The topological polar surface area (TPSA) is 64.0 Å². The highest BCUT2D eigenvalue weighted by Crippen LogP contribution is 2.32. The van der Waals surface area contributed by atoms with E-state index in [4.69, 9.17) is 4.98 Å². The van der Waals surface area contributed by atoms with Crippen LogP contribution in [0.2, 0.25) is 0 Å². The van der Waals surface area contributed by atoms with Crippen molar-refractivity contribution < 1.29 is 4.79 Å². The number of hydrogen-bond donors (Lipinski definition) is 1. The number of carbonyl (C=O) groups excluding carboxylic acids is 1. The van der Waals surface area contributed by atoms with Gasteiger partial charge in [0.15, 0.2) is 5.16 Å². The molecular weight excluding hydrogens is 450 g/mol. The normalized spacial score (nSPS) is 11.1. The molecule has 33 heavy (non-hydrogen) atoms. The van der Waals surface area contributed by atoms with Gasteiger partial charge in [-0.05, 0) is 23.1 Å². The van der Waals surface area contributed by atoms with E-state index in [-0.39, 0.29) is 17.2 Å². The lowest BCUT2D eigenvalue weighted by Gasteiger charge is -2.14. The highest BCUT2D eigenvalue weighted by molar-refractivity contribution is 7.99. The van der Waals surface area contributed by atoms with Crippen LogP contribution in [0.4, 0.5) is 5.69 Å². The molecule has 2 heterocycles. The molecule has 0 fully saturated rings. The van der Waals surface area contributed by atoms with Gasteiger partial charge < -0.3 is 5.32 Å². The van der Waals surface area contributed by atoms with E-state index in [0.717, 1.165) is 22.4 Å². The molecule has 0 aliphatic heterocycles. The van der Waals surface area contributed by atoms with Crippen LogP contribution in [0.25, 0.3) is 21.3 Å². The molecule has 168 valence electrons. The first-order valence-electron chi connectivity index (χ1n) is 10.7. The van der Waals surface area contributed by atoms with Crippen LogP contribution < -0.4 is 10.9 Å². The number of thiophene rings is 1. The number of aromatic nitrogens is 2. The molecule has 0 unspecified atom stereocenters. The van der Waals surface area contributed by atoms with Crippen molar-refractivity contribution in [3.05, 3.63) is 88.5 Å². The molecule has 7 heteroatoms. The molecule has 0 aliphatic rings. The molecule has 0 radical (unpaired) electrons. The van der Waals surface area contributed by atoms with Crippen LogP contribution in [0.1, 0.15) is 25.3 Å². The molecule has 1 amide bonds. The minimum Gasteiger partial charge on any atom is -0.325 e. The number of thioether (sulfide) groups is 1. The van der Waals surface area contributed by atoms with Gasteiger partial charge in [-0.1, -0.05) is 80.2 Å². The van der Waals surface area contributed by atoms with E-state index < -0.39 is 0 Å². The highest BCUT2D eigenvalue weighted by atomic mass is 32.2. The van der Waals surface area contributed by atoms with Crippen molar-refractivity contribution in [3.8, 4) is 11.1 Å². The second kappa shape index (κ2) is 10.2. The van der Waals surface area contributed by atoms with Crippen LogP contribution in [0.3, 0.4) is 0 Å². The second-order valence-corrected chi connectivity index (χ2v) is 9.67. The van der Waals surface area contributed by atoms with Crippen LogP contribution in [-0.4, -0.2) is 21.2 Å². The Morgan fingerprint density at radius 2 is 1.91 bits per heavy atom. The number of anilines is 1. The third-order valence-corrected chi connectivity index (χ3v) is 7.09. The first-order valence-corrected chi connectivity index (χ1v) is 12.6. The fraction of sp³-hybridized carbons (Fsp3) is 0.192. The van der Waals surface area contributed by atoms with Crippen molar-refractivity contribution in [3.63, 3.8) is 0 Å². The Balaban J connectivity index is 1.62. The molecule has 0 bridgehead atoms. The minimum atomic E-state index is -0.135. The molecule has 0 saturated heterocycles. The summed E-state index contributed by atoms with van der Waals surface area (Å²) >= 11 is 2.70. The molecule has 4 aromatic rings. The SMILES string of the molecule is C=CCn1c(SCC(=O)Nc2ccccc2C(C)C)nc2scc(-c3ccccc3)c2c1=O. The van der Waals surface area contributed by atoms with Crippen LogP contribution in [0, 0.1) is 0 Å². The van der Waals surface area contributed by atoms with E-state index in [2.05, 4.69) is 25.7 Å². The van der Waals surface area contributed by atoms with Gasteiger partial charge in [0.1, 0.15) is 4.83 Å². The number of carbonyl (C=O) groups is 1. The van der Waals surface area contributed by atoms with Gasteiger partial charge in [0.2, 0.25) is 5.91 Å². The summed E-state index contributed by atoms with van der Waals surface area (Å²) in [5.74, 6) is 0.315. The molecule has 0 spiro atoms. The molecule has 2 aromatic heterocycles. The average molecular weight is 476 g/mol. The Labute approximate surface area is 201 Å². The standard InChI is InChI=1S/C26H25N3O2S2/c1-4-14-29-25(31)23-20(18-10-6-5-7-11-18)15-32-24(23)28-26(29)33-16-22(30)27-21-13-9-8-12-19(21)17(2)3/h4-13,15,17H,1,14,16H2,2-3H3,(H,27,30). The molecule has 4 rings (SSSR count). The van der Waals surface area contributed by atoms with Gasteiger partial charge in [0.25, 0.3) is 5.56 Å². The molecule has 1 N–H and O–H groups in total. The third-order valence-electron chi connectivity index (χ3n) is 5.24. The van der Waals surface area contributed by atoms with E-state index >= 15 is 0 Å². The zero-order valence-electron chi connectivity index (χ0n) is 18.6. The predicted octanol–water partition coefficient (Wildman–Crippen LogP) is 6.17. The van der Waals surface area contributed by atoms with Crippen LogP contribution in [0.15, 0.2) is 82.6 Å². The van der Waals surface area contributed by atoms with Crippen LogP contribution >= 0.6 is 23.1 Å². The smallest absolute Gasteiger partial charge is 0.263 e. The van der Waals surface area contributed by atoms with Gasteiger partial charge in [-0.2, -0.15) is 0 Å². The largest absolute Gasteiger partial charge is 0.325 e. The molecule has 0 aliphatic carbocycles. The fourth-order valence-corrected chi connectivity index (χ4v) is 5.46. The Morgan fingerprint density at radius 1 is 1.18 bits per heavy atom. The molecule has 0 saturated carbocycles. The summed E-state index contributed by atoms with van der Waals surface area (Å²) in [6.45, 7) is 8.31. The highest BCUT2D eigenvalue weighted by Gasteiger charge is 2.18. The van der Waals surface area contributed by atoms with Crippen molar-refractivity contribution in [1.29, 1.82) is 0 Å². The maximum absolute atomic E-state index is 13.4. The maximum atomic E-state index is 13.4. The Bertz CT molecular complexity index is 1360. The quantitative estimate of drug-likeness (QED) is 0.188.